The molecular formula is C13H17ClN2O2. The van der Waals surface area contributed by atoms with Crippen molar-refractivity contribution in [1.29, 1.82) is 0 Å². The zero-order chi connectivity index (χ0) is 13.5. The SMILES string of the molecule is C=CC(C)NC(=O)NCC(O)c1ccccc1Cl. The van der Waals surface area contributed by atoms with Gasteiger partial charge in [0.15, 0.2) is 0 Å². The van der Waals surface area contributed by atoms with Gasteiger partial charge in [-0.2, -0.15) is 0 Å². The van der Waals surface area contributed by atoms with Crippen LogP contribution in [0.5, 0.6) is 0 Å². The first kappa shape index (κ1) is 14.5. The molecule has 0 aromatic heterocycles. The Morgan fingerprint density at radius 2 is 2.22 bits per heavy atom. The summed E-state index contributed by atoms with van der Waals surface area (Å²) in [6, 6.07) is 6.50. The number of benzene rings is 1. The van der Waals surface area contributed by atoms with Gasteiger partial charge < -0.3 is 15.7 Å². The molecule has 0 bridgehead atoms. The highest BCUT2D eigenvalue weighted by Gasteiger charge is 2.12. The van der Waals surface area contributed by atoms with E-state index in [1.165, 1.54) is 0 Å². The van der Waals surface area contributed by atoms with Gasteiger partial charge in [-0.25, -0.2) is 4.79 Å². The molecule has 2 unspecified atom stereocenters. The van der Waals surface area contributed by atoms with Crippen molar-refractivity contribution >= 4 is 17.6 Å². The molecule has 0 spiro atoms. The van der Waals surface area contributed by atoms with Gasteiger partial charge in [-0.05, 0) is 13.0 Å². The number of hydrogen-bond donors (Lipinski definition) is 3. The lowest BCUT2D eigenvalue weighted by Gasteiger charge is -2.15. The second kappa shape index (κ2) is 7.03. The van der Waals surface area contributed by atoms with E-state index in [1.54, 1.807) is 37.3 Å². The minimum absolute atomic E-state index is 0.0967. The molecule has 5 heteroatoms. The maximum Gasteiger partial charge on any atom is 0.315 e. The average molecular weight is 269 g/mol. The summed E-state index contributed by atoms with van der Waals surface area (Å²) in [5.41, 5.74) is 0.594. The van der Waals surface area contributed by atoms with Crippen LogP contribution in [-0.4, -0.2) is 23.7 Å². The number of hydrogen-bond acceptors (Lipinski definition) is 2. The van der Waals surface area contributed by atoms with Gasteiger partial charge in [-0.15, -0.1) is 6.58 Å². The van der Waals surface area contributed by atoms with Crippen LogP contribution < -0.4 is 10.6 Å². The number of nitrogens with one attached hydrogen (secondary N) is 2. The highest BCUT2D eigenvalue weighted by Crippen LogP contribution is 2.21. The molecule has 1 aromatic rings. The topological polar surface area (TPSA) is 61.4 Å². The van der Waals surface area contributed by atoms with Gasteiger partial charge in [-0.1, -0.05) is 35.9 Å². The Bertz CT molecular complexity index is 423. The molecule has 0 fully saturated rings. The zero-order valence-electron chi connectivity index (χ0n) is 10.2. The van der Waals surface area contributed by atoms with E-state index in [2.05, 4.69) is 17.2 Å². The van der Waals surface area contributed by atoms with Crippen molar-refractivity contribution in [2.45, 2.75) is 19.1 Å². The number of halogens is 1. The third kappa shape index (κ3) is 4.39. The quantitative estimate of drug-likeness (QED) is 0.718. The minimum Gasteiger partial charge on any atom is -0.387 e. The van der Waals surface area contributed by atoms with Crippen LogP contribution in [0.1, 0.15) is 18.6 Å². The molecule has 0 aliphatic heterocycles. The molecule has 0 aliphatic rings. The van der Waals surface area contributed by atoms with Gasteiger partial charge in [0.25, 0.3) is 0 Å². The van der Waals surface area contributed by atoms with Crippen LogP contribution in [0.4, 0.5) is 4.79 Å². The summed E-state index contributed by atoms with van der Waals surface area (Å²) in [7, 11) is 0. The highest BCUT2D eigenvalue weighted by atomic mass is 35.5. The number of amides is 2. The molecule has 0 saturated carbocycles. The lowest BCUT2D eigenvalue weighted by atomic mass is 10.1. The van der Waals surface area contributed by atoms with Crippen LogP contribution in [0.25, 0.3) is 0 Å². The Labute approximate surface area is 112 Å². The molecule has 0 heterocycles. The fourth-order valence-corrected chi connectivity index (χ4v) is 1.62. The summed E-state index contributed by atoms with van der Waals surface area (Å²) >= 11 is 5.94. The summed E-state index contributed by atoms with van der Waals surface area (Å²) in [6.45, 7) is 5.46. The highest BCUT2D eigenvalue weighted by molar-refractivity contribution is 6.31. The predicted molar refractivity (Wildman–Crippen MR) is 72.6 cm³/mol. The summed E-state index contributed by atoms with van der Waals surface area (Å²) in [5, 5.41) is 15.6. The Balaban J connectivity index is 2.46. The Kier molecular flexibility index (Phi) is 5.68. The lowest BCUT2D eigenvalue weighted by Crippen LogP contribution is -2.41. The molecule has 0 saturated heterocycles. The first-order chi connectivity index (χ1) is 8.54. The Morgan fingerprint density at radius 1 is 1.56 bits per heavy atom. The Morgan fingerprint density at radius 3 is 2.83 bits per heavy atom. The first-order valence-electron chi connectivity index (χ1n) is 5.64. The van der Waals surface area contributed by atoms with Gasteiger partial charge >= 0.3 is 6.03 Å². The van der Waals surface area contributed by atoms with Crippen molar-refractivity contribution < 1.29 is 9.90 Å². The molecule has 0 radical (unpaired) electrons. The second-order valence-electron chi connectivity index (χ2n) is 3.92. The van der Waals surface area contributed by atoms with E-state index in [9.17, 15) is 9.90 Å². The van der Waals surface area contributed by atoms with Crippen molar-refractivity contribution in [3.63, 3.8) is 0 Å². The molecule has 18 heavy (non-hydrogen) atoms. The average Bonchev–Trinajstić information content (AvgIpc) is 2.36. The molecular weight excluding hydrogens is 252 g/mol. The van der Waals surface area contributed by atoms with Crippen molar-refractivity contribution in [2.24, 2.45) is 0 Å². The van der Waals surface area contributed by atoms with E-state index in [0.29, 0.717) is 10.6 Å². The van der Waals surface area contributed by atoms with Crippen LogP contribution in [-0.2, 0) is 0 Å². The van der Waals surface area contributed by atoms with Crippen molar-refractivity contribution in [3.05, 3.63) is 47.5 Å². The number of aliphatic hydroxyl groups excluding tert-OH is 1. The summed E-state index contributed by atoms with van der Waals surface area (Å²) in [4.78, 5) is 11.4. The van der Waals surface area contributed by atoms with E-state index in [-0.39, 0.29) is 18.6 Å². The van der Waals surface area contributed by atoms with Gasteiger partial charge in [0.05, 0.1) is 6.10 Å². The fourth-order valence-electron chi connectivity index (χ4n) is 1.36. The fraction of sp³-hybridized carbons (Fsp3) is 0.308. The lowest BCUT2D eigenvalue weighted by molar-refractivity contribution is 0.173. The van der Waals surface area contributed by atoms with E-state index < -0.39 is 6.10 Å². The monoisotopic (exact) mass is 268 g/mol. The van der Waals surface area contributed by atoms with Crippen LogP contribution in [0.3, 0.4) is 0 Å². The van der Waals surface area contributed by atoms with Crippen LogP contribution >= 0.6 is 11.6 Å². The van der Waals surface area contributed by atoms with Crippen molar-refractivity contribution in [2.75, 3.05) is 6.54 Å². The molecule has 0 aliphatic carbocycles. The first-order valence-corrected chi connectivity index (χ1v) is 6.01. The normalized spacial score (nSPS) is 13.5. The molecule has 2 amide bonds. The summed E-state index contributed by atoms with van der Waals surface area (Å²) in [5.74, 6) is 0. The maximum absolute atomic E-state index is 11.4. The zero-order valence-corrected chi connectivity index (χ0v) is 10.9. The van der Waals surface area contributed by atoms with Crippen LogP contribution in [0, 0.1) is 0 Å². The molecule has 98 valence electrons. The van der Waals surface area contributed by atoms with Gasteiger partial charge in [0, 0.05) is 23.2 Å². The number of rotatable bonds is 5. The van der Waals surface area contributed by atoms with E-state index in [4.69, 9.17) is 11.6 Å². The summed E-state index contributed by atoms with van der Waals surface area (Å²) < 4.78 is 0. The van der Waals surface area contributed by atoms with Gasteiger partial charge in [0.2, 0.25) is 0 Å². The van der Waals surface area contributed by atoms with E-state index in [0.717, 1.165) is 0 Å². The van der Waals surface area contributed by atoms with Crippen molar-refractivity contribution in [1.82, 2.24) is 10.6 Å². The molecule has 2 atom stereocenters. The number of urea groups is 1. The second-order valence-corrected chi connectivity index (χ2v) is 4.32. The molecule has 1 rings (SSSR count). The third-order valence-electron chi connectivity index (χ3n) is 2.43. The number of aliphatic hydroxyl groups is 1. The Hall–Kier alpha value is -1.52. The van der Waals surface area contributed by atoms with Crippen LogP contribution in [0.15, 0.2) is 36.9 Å². The molecule has 1 aromatic carbocycles. The van der Waals surface area contributed by atoms with E-state index >= 15 is 0 Å². The van der Waals surface area contributed by atoms with Gasteiger partial charge in [0.1, 0.15) is 0 Å². The number of carbonyl (C=O) groups excluding carboxylic acids is 1. The smallest absolute Gasteiger partial charge is 0.315 e. The van der Waals surface area contributed by atoms with Gasteiger partial charge in [-0.3, -0.25) is 0 Å². The standard InChI is InChI=1S/C13H17ClN2O2/c1-3-9(2)16-13(18)15-8-12(17)10-6-4-5-7-11(10)14/h3-7,9,12,17H,1,8H2,2H3,(H2,15,16,18). The van der Waals surface area contributed by atoms with E-state index in [1.807, 2.05) is 0 Å². The summed E-state index contributed by atoms with van der Waals surface area (Å²) in [6.07, 6.45) is 0.785. The molecule has 3 N–H and O–H groups in total. The maximum atomic E-state index is 11.4. The predicted octanol–water partition coefficient (Wildman–Crippen LogP) is 2.25. The molecule has 4 nitrogen and oxygen atoms in total. The number of carbonyl (C=O) groups is 1. The van der Waals surface area contributed by atoms with Crippen molar-refractivity contribution in [3.8, 4) is 0 Å². The third-order valence-corrected chi connectivity index (χ3v) is 2.78. The van der Waals surface area contributed by atoms with Crippen LogP contribution in [0.2, 0.25) is 5.02 Å². The minimum atomic E-state index is -0.830. The largest absolute Gasteiger partial charge is 0.387 e.